The van der Waals surface area contributed by atoms with Crippen LogP contribution in [0.25, 0.3) is 10.2 Å². The summed E-state index contributed by atoms with van der Waals surface area (Å²) in [4.78, 5) is 24.9. The minimum absolute atomic E-state index is 0.00756. The van der Waals surface area contributed by atoms with Gasteiger partial charge in [-0.05, 0) is 61.4 Å². The number of aromatic nitrogens is 1. The average Bonchev–Trinajstić information content (AvgIpc) is 3.22. The third-order valence-electron chi connectivity index (χ3n) is 5.83. The van der Waals surface area contributed by atoms with Gasteiger partial charge in [0.15, 0.2) is 11.5 Å². The molecule has 1 amide bonds. The molecule has 0 saturated carbocycles. The number of ether oxygens (including phenoxy) is 2. The first-order valence-corrected chi connectivity index (χ1v) is 13.8. The molecule has 0 aliphatic heterocycles. The summed E-state index contributed by atoms with van der Waals surface area (Å²) in [5.41, 5.74) is 1.99. The highest BCUT2D eigenvalue weighted by Crippen LogP contribution is 2.28. The number of amides is 1. The van der Waals surface area contributed by atoms with Crippen LogP contribution in [0.5, 0.6) is 11.5 Å². The van der Waals surface area contributed by atoms with Crippen molar-refractivity contribution in [3.63, 3.8) is 0 Å². The van der Waals surface area contributed by atoms with E-state index in [2.05, 4.69) is 10.0 Å². The van der Waals surface area contributed by atoms with Gasteiger partial charge in [-0.25, -0.2) is 8.42 Å². The molecule has 0 aliphatic rings. The second-order valence-electron chi connectivity index (χ2n) is 8.09. The molecule has 0 spiro atoms. The largest absolute Gasteiger partial charge is 0.493 e. The number of anilines is 1. The van der Waals surface area contributed by atoms with Gasteiger partial charge in [-0.15, -0.1) is 0 Å². The number of hydrogen-bond acceptors (Lipinski definition) is 7. The molecular formula is C26H27N3O6S2. The van der Waals surface area contributed by atoms with Crippen LogP contribution in [-0.2, 0) is 23.0 Å². The number of nitrogens with zero attached hydrogens (tertiary/aromatic N) is 1. The molecule has 0 unspecified atom stereocenters. The molecule has 2 N–H and O–H groups in total. The molecule has 9 nitrogen and oxygen atoms in total. The zero-order valence-corrected chi connectivity index (χ0v) is 22.2. The summed E-state index contributed by atoms with van der Waals surface area (Å²) in [6.07, 6.45) is 0.542. The second kappa shape index (κ2) is 11.1. The summed E-state index contributed by atoms with van der Waals surface area (Å²) in [5, 5.41) is 2.84. The molecule has 0 fully saturated rings. The Hall–Kier alpha value is -3.83. The van der Waals surface area contributed by atoms with E-state index < -0.39 is 15.9 Å². The monoisotopic (exact) mass is 541 g/mol. The van der Waals surface area contributed by atoms with Crippen LogP contribution < -0.4 is 24.4 Å². The maximum absolute atomic E-state index is 13.1. The van der Waals surface area contributed by atoms with Crippen molar-refractivity contribution in [3.05, 3.63) is 81.5 Å². The highest BCUT2D eigenvalue weighted by atomic mass is 32.2. The van der Waals surface area contributed by atoms with Crippen LogP contribution in [-0.4, -0.2) is 39.7 Å². The van der Waals surface area contributed by atoms with Gasteiger partial charge in [-0.3, -0.25) is 18.9 Å². The summed E-state index contributed by atoms with van der Waals surface area (Å²) in [5.74, 6) is 0.808. The lowest BCUT2D eigenvalue weighted by Crippen LogP contribution is -2.27. The SMILES string of the molecule is CCn1c(=O)sc2cc(S(=O)(=O)Nc3ccccc3C(=O)NCCc3ccc(OC)c(OC)c3)ccc21. The predicted molar refractivity (Wildman–Crippen MR) is 145 cm³/mol. The smallest absolute Gasteiger partial charge is 0.308 e. The van der Waals surface area contributed by atoms with Gasteiger partial charge in [0, 0.05) is 13.1 Å². The van der Waals surface area contributed by atoms with Crippen LogP contribution in [0.1, 0.15) is 22.8 Å². The number of para-hydroxylation sites is 1. The number of hydrogen-bond donors (Lipinski definition) is 2. The fourth-order valence-electron chi connectivity index (χ4n) is 3.94. The number of carbonyl (C=O) groups is 1. The number of nitrogens with one attached hydrogen (secondary N) is 2. The lowest BCUT2D eigenvalue weighted by atomic mass is 10.1. The Morgan fingerprint density at radius 3 is 2.49 bits per heavy atom. The van der Waals surface area contributed by atoms with Gasteiger partial charge >= 0.3 is 4.87 Å². The third-order valence-corrected chi connectivity index (χ3v) is 8.13. The molecule has 0 bridgehead atoms. The van der Waals surface area contributed by atoms with Crippen LogP contribution in [0.3, 0.4) is 0 Å². The maximum atomic E-state index is 13.1. The molecule has 37 heavy (non-hydrogen) atoms. The molecule has 11 heteroatoms. The van der Waals surface area contributed by atoms with E-state index in [0.29, 0.717) is 41.2 Å². The summed E-state index contributed by atoms with van der Waals surface area (Å²) >= 11 is 0.996. The molecule has 194 valence electrons. The maximum Gasteiger partial charge on any atom is 0.308 e. The van der Waals surface area contributed by atoms with E-state index in [4.69, 9.17) is 9.47 Å². The molecule has 0 radical (unpaired) electrons. The molecule has 1 heterocycles. The van der Waals surface area contributed by atoms with Gasteiger partial charge in [0.1, 0.15) is 0 Å². The quantitative estimate of drug-likeness (QED) is 0.315. The van der Waals surface area contributed by atoms with Crippen molar-refractivity contribution >= 4 is 43.2 Å². The second-order valence-corrected chi connectivity index (χ2v) is 10.8. The van der Waals surface area contributed by atoms with Crippen molar-refractivity contribution in [2.24, 2.45) is 0 Å². The van der Waals surface area contributed by atoms with E-state index in [-0.39, 0.29) is 21.0 Å². The zero-order chi connectivity index (χ0) is 26.6. The Morgan fingerprint density at radius 2 is 1.76 bits per heavy atom. The summed E-state index contributed by atoms with van der Waals surface area (Å²) < 4.78 is 41.5. The first kappa shape index (κ1) is 26.2. The molecule has 3 aromatic carbocycles. The van der Waals surface area contributed by atoms with E-state index in [1.54, 1.807) is 49.1 Å². The average molecular weight is 542 g/mol. The van der Waals surface area contributed by atoms with Gasteiger partial charge in [0.05, 0.1) is 40.6 Å². The highest BCUT2D eigenvalue weighted by Gasteiger charge is 2.20. The van der Waals surface area contributed by atoms with E-state index >= 15 is 0 Å². The summed E-state index contributed by atoms with van der Waals surface area (Å²) in [6, 6.07) is 16.5. The van der Waals surface area contributed by atoms with Gasteiger partial charge < -0.3 is 14.8 Å². The summed E-state index contributed by atoms with van der Waals surface area (Å²) in [7, 11) is -0.888. The van der Waals surface area contributed by atoms with E-state index in [9.17, 15) is 18.0 Å². The van der Waals surface area contributed by atoms with Crippen molar-refractivity contribution in [1.82, 2.24) is 9.88 Å². The Bertz CT molecular complexity index is 1610. The number of methoxy groups -OCH3 is 2. The Labute approximate surface area is 218 Å². The first-order chi connectivity index (χ1) is 17.8. The molecule has 0 atom stereocenters. The van der Waals surface area contributed by atoms with Gasteiger partial charge in [0.2, 0.25) is 0 Å². The number of rotatable bonds is 10. The van der Waals surface area contributed by atoms with Crippen molar-refractivity contribution in [3.8, 4) is 11.5 Å². The summed E-state index contributed by atoms with van der Waals surface area (Å²) in [6.45, 7) is 2.69. The fraction of sp³-hybridized carbons (Fsp3) is 0.231. The van der Waals surface area contributed by atoms with E-state index in [1.165, 1.54) is 18.2 Å². The van der Waals surface area contributed by atoms with Crippen molar-refractivity contribution in [2.75, 3.05) is 25.5 Å². The van der Waals surface area contributed by atoms with E-state index in [0.717, 1.165) is 16.9 Å². The van der Waals surface area contributed by atoms with Gasteiger partial charge in [-0.1, -0.05) is 29.5 Å². The first-order valence-electron chi connectivity index (χ1n) is 11.5. The molecule has 0 saturated heterocycles. The van der Waals surface area contributed by atoms with Crippen molar-refractivity contribution in [1.29, 1.82) is 0 Å². The number of fused-ring (bicyclic) bond motifs is 1. The van der Waals surface area contributed by atoms with Gasteiger partial charge in [0.25, 0.3) is 15.9 Å². The minimum Gasteiger partial charge on any atom is -0.493 e. The lowest BCUT2D eigenvalue weighted by Gasteiger charge is -2.13. The van der Waals surface area contributed by atoms with Crippen molar-refractivity contribution < 1.29 is 22.7 Å². The number of carbonyl (C=O) groups excluding carboxylic acids is 1. The highest BCUT2D eigenvalue weighted by molar-refractivity contribution is 7.92. The number of benzene rings is 3. The minimum atomic E-state index is -4.01. The third kappa shape index (κ3) is 5.62. The van der Waals surface area contributed by atoms with E-state index in [1.807, 2.05) is 19.1 Å². The van der Waals surface area contributed by atoms with Crippen LogP contribution >= 0.6 is 11.3 Å². The topological polar surface area (TPSA) is 116 Å². The van der Waals surface area contributed by atoms with Crippen LogP contribution in [0, 0.1) is 0 Å². The normalized spacial score (nSPS) is 11.3. The Morgan fingerprint density at radius 1 is 1.00 bits per heavy atom. The molecule has 4 aromatic rings. The lowest BCUT2D eigenvalue weighted by molar-refractivity contribution is 0.0955. The standard InChI is InChI=1S/C26H27N3O6S2/c1-4-29-21-11-10-18(16-24(21)36-26(29)31)37(32,33)28-20-8-6-5-7-19(20)25(30)27-14-13-17-9-12-22(34-2)23(15-17)35-3/h5-12,15-16,28H,4,13-14H2,1-3H3,(H,27,30). The van der Waals surface area contributed by atoms with Gasteiger partial charge in [-0.2, -0.15) is 0 Å². The molecule has 4 rings (SSSR count). The molecular weight excluding hydrogens is 514 g/mol. The van der Waals surface area contributed by atoms with Crippen LogP contribution in [0.15, 0.2) is 70.4 Å². The number of sulfonamides is 1. The molecule has 0 aliphatic carbocycles. The van der Waals surface area contributed by atoms with Crippen LogP contribution in [0.4, 0.5) is 5.69 Å². The van der Waals surface area contributed by atoms with Crippen LogP contribution in [0.2, 0.25) is 0 Å². The molecule has 1 aromatic heterocycles. The van der Waals surface area contributed by atoms with Crippen molar-refractivity contribution in [2.45, 2.75) is 24.8 Å². The predicted octanol–water partition coefficient (Wildman–Crippen LogP) is 3.87. The number of thiazole rings is 1. The fourth-order valence-corrected chi connectivity index (χ4v) is 6.11. The number of aryl methyl sites for hydroxylation is 1. The Balaban J connectivity index is 1.49. The Kier molecular flexibility index (Phi) is 7.84. The zero-order valence-electron chi connectivity index (χ0n) is 20.6.